The Morgan fingerprint density at radius 2 is 1.11 bits per heavy atom. The van der Waals surface area contributed by atoms with Gasteiger partial charge in [0.05, 0.1) is 11.8 Å². The van der Waals surface area contributed by atoms with Crippen molar-refractivity contribution in [3.05, 3.63) is 0 Å². The highest BCUT2D eigenvalue weighted by Gasteiger charge is 2.35. The summed E-state index contributed by atoms with van der Waals surface area (Å²) in [7, 11) is 0. The lowest BCUT2D eigenvalue weighted by molar-refractivity contribution is -0.146. The molecule has 4 nitrogen and oxygen atoms in total. The van der Waals surface area contributed by atoms with E-state index in [-0.39, 0.29) is 11.8 Å². The van der Waals surface area contributed by atoms with Crippen molar-refractivity contribution in [2.45, 2.75) is 51.4 Å². The molecule has 18 heavy (non-hydrogen) atoms. The van der Waals surface area contributed by atoms with Crippen LogP contribution in [0.3, 0.4) is 0 Å². The molecule has 0 radical (unpaired) electrons. The summed E-state index contributed by atoms with van der Waals surface area (Å²) in [5, 5.41) is 18.2. The molecular weight excluding hydrogens is 232 g/mol. The summed E-state index contributed by atoms with van der Waals surface area (Å²) < 4.78 is 0. The lowest BCUT2D eigenvalue weighted by Gasteiger charge is -2.37. The summed E-state index contributed by atoms with van der Waals surface area (Å²) in [6.07, 6.45) is 7.23. The maximum absolute atomic E-state index is 11.1. The van der Waals surface area contributed by atoms with E-state index in [4.69, 9.17) is 10.2 Å². The molecule has 4 atom stereocenters. The predicted molar refractivity (Wildman–Crippen MR) is 66.2 cm³/mol. The molecule has 0 aromatic carbocycles. The minimum absolute atomic E-state index is 0.200. The third-order valence-electron chi connectivity index (χ3n) is 4.79. The fraction of sp³-hybridized carbons (Fsp3) is 0.857. The van der Waals surface area contributed by atoms with Crippen molar-refractivity contribution in [3.8, 4) is 0 Å². The first kappa shape index (κ1) is 13.4. The molecule has 4 unspecified atom stereocenters. The van der Waals surface area contributed by atoms with Gasteiger partial charge in [-0.05, 0) is 37.5 Å². The van der Waals surface area contributed by atoms with Crippen molar-refractivity contribution in [3.63, 3.8) is 0 Å². The maximum atomic E-state index is 11.1. The molecule has 4 heteroatoms. The predicted octanol–water partition coefficient (Wildman–Crippen LogP) is 2.77. The highest BCUT2D eigenvalue weighted by molar-refractivity contribution is 5.70. The van der Waals surface area contributed by atoms with Crippen LogP contribution in [0.4, 0.5) is 0 Å². The van der Waals surface area contributed by atoms with Crippen LogP contribution >= 0.6 is 0 Å². The van der Waals surface area contributed by atoms with Crippen molar-refractivity contribution in [1.82, 2.24) is 0 Å². The lowest BCUT2D eigenvalue weighted by atomic mass is 9.68. The van der Waals surface area contributed by atoms with Crippen molar-refractivity contribution < 1.29 is 19.8 Å². The van der Waals surface area contributed by atoms with Crippen LogP contribution in [0.2, 0.25) is 0 Å². The first-order chi connectivity index (χ1) is 8.58. The number of hydrogen-bond acceptors (Lipinski definition) is 2. The Morgan fingerprint density at radius 3 is 1.44 bits per heavy atom. The van der Waals surface area contributed by atoms with E-state index < -0.39 is 11.9 Å². The van der Waals surface area contributed by atoms with Crippen LogP contribution in [0, 0.1) is 23.7 Å². The zero-order chi connectivity index (χ0) is 13.1. The average Bonchev–Trinajstić information content (AvgIpc) is 2.39. The van der Waals surface area contributed by atoms with Gasteiger partial charge in [-0.2, -0.15) is 0 Å². The quantitative estimate of drug-likeness (QED) is 0.812. The second-order valence-corrected chi connectivity index (χ2v) is 5.92. The lowest BCUT2D eigenvalue weighted by Crippen LogP contribution is -2.31. The highest BCUT2D eigenvalue weighted by atomic mass is 16.4. The van der Waals surface area contributed by atoms with Crippen LogP contribution in [0.25, 0.3) is 0 Å². The van der Waals surface area contributed by atoms with E-state index in [9.17, 15) is 9.59 Å². The molecule has 2 aliphatic carbocycles. The van der Waals surface area contributed by atoms with Crippen LogP contribution in [0.5, 0.6) is 0 Å². The van der Waals surface area contributed by atoms with Gasteiger partial charge in [-0.1, -0.05) is 25.7 Å². The highest BCUT2D eigenvalue weighted by Crippen LogP contribution is 2.42. The summed E-state index contributed by atoms with van der Waals surface area (Å²) >= 11 is 0. The molecular formula is C14H22O4. The molecule has 0 aromatic heterocycles. The molecule has 0 amide bonds. The number of carboxylic acid groups (broad SMARTS) is 2. The van der Waals surface area contributed by atoms with Crippen LogP contribution in [0.15, 0.2) is 0 Å². The van der Waals surface area contributed by atoms with Gasteiger partial charge in [-0.15, -0.1) is 0 Å². The normalized spacial score (nSPS) is 37.1. The smallest absolute Gasteiger partial charge is 0.306 e. The molecule has 0 bridgehead atoms. The van der Waals surface area contributed by atoms with Crippen LogP contribution in [-0.4, -0.2) is 22.2 Å². The fourth-order valence-corrected chi connectivity index (χ4v) is 3.76. The van der Waals surface area contributed by atoms with E-state index in [0.717, 1.165) is 51.4 Å². The number of carboxylic acids is 2. The Labute approximate surface area is 107 Å². The Kier molecular flexibility index (Phi) is 4.25. The van der Waals surface area contributed by atoms with Crippen molar-refractivity contribution >= 4 is 11.9 Å². The summed E-state index contributed by atoms with van der Waals surface area (Å²) in [4.78, 5) is 22.1. The largest absolute Gasteiger partial charge is 0.481 e. The number of hydrogen-bond donors (Lipinski definition) is 2. The SMILES string of the molecule is O=C(O)C1CCCC(C2CCCC(C(=O)O)C2)C1. The molecule has 2 fully saturated rings. The van der Waals surface area contributed by atoms with Gasteiger partial charge in [-0.25, -0.2) is 0 Å². The fourth-order valence-electron chi connectivity index (χ4n) is 3.76. The Hall–Kier alpha value is -1.06. The Bertz CT molecular complexity index is 294. The summed E-state index contributed by atoms with van der Waals surface area (Å²) in [5.74, 6) is -0.887. The number of carbonyl (C=O) groups is 2. The van der Waals surface area contributed by atoms with Gasteiger partial charge in [0, 0.05) is 0 Å². The zero-order valence-corrected chi connectivity index (χ0v) is 10.7. The molecule has 0 spiro atoms. The average molecular weight is 254 g/mol. The summed E-state index contributed by atoms with van der Waals surface area (Å²) in [5.41, 5.74) is 0. The van der Waals surface area contributed by atoms with Gasteiger partial charge in [0.25, 0.3) is 0 Å². The maximum Gasteiger partial charge on any atom is 0.306 e. The van der Waals surface area contributed by atoms with Gasteiger partial charge in [0.15, 0.2) is 0 Å². The minimum atomic E-state index is -0.676. The molecule has 0 aliphatic heterocycles. The van der Waals surface area contributed by atoms with E-state index in [2.05, 4.69) is 0 Å². The summed E-state index contributed by atoms with van der Waals surface area (Å²) in [6, 6.07) is 0. The van der Waals surface area contributed by atoms with Crippen LogP contribution in [-0.2, 0) is 9.59 Å². The molecule has 2 saturated carbocycles. The Morgan fingerprint density at radius 1 is 0.722 bits per heavy atom. The first-order valence-corrected chi connectivity index (χ1v) is 7.03. The van der Waals surface area contributed by atoms with E-state index >= 15 is 0 Å². The van der Waals surface area contributed by atoms with Gasteiger partial charge in [-0.3, -0.25) is 9.59 Å². The number of aliphatic carboxylic acids is 2. The van der Waals surface area contributed by atoms with E-state index in [1.807, 2.05) is 0 Å². The molecule has 2 N–H and O–H groups in total. The molecule has 0 saturated heterocycles. The first-order valence-electron chi connectivity index (χ1n) is 7.03. The molecule has 2 aliphatic rings. The monoisotopic (exact) mass is 254 g/mol. The molecule has 0 heterocycles. The number of rotatable bonds is 3. The minimum Gasteiger partial charge on any atom is -0.481 e. The summed E-state index contributed by atoms with van der Waals surface area (Å²) in [6.45, 7) is 0. The van der Waals surface area contributed by atoms with E-state index in [1.165, 1.54) is 0 Å². The topological polar surface area (TPSA) is 74.6 Å². The van der Waals surface area contributed by atoms with Crippen molar-refractivity contribution in [1.29, 1.82) is 0 Å². The van der Waals surface area contributed by atoms with Crippen molar-refractivity contribution in [2.75, 3.05) is 0 Å². The third kappa shape index (κ3) is 3.03. The standard InChI is InChI=1S/C14H22O4/c15-13(16)11-5-1-3-9(7-11)10-4-2-6-12(8-10)14(17)18/h9-12H,1-8H2,(H,15,16)(H,17,18). The zero-order valence-electron chi connectivity index (χ0n) is 10.7. The van der Waals surface area contributed by atoms with Gasteiger partial charge in [0.1, 0.15) is 0 Å². The van der Waals surface area contributed by atoms with Gasteiger partial charge in [0.2, 0.25) is 0 Å². The van der Waals surface area contributed by atoms with Gasteiger partial charge >= 0.3 is 11.9 Å². The Balaban J connectivity index is 1.94. The molecule has 2 rings (SSSR count). The second kappa shape index (κ2) is 5.72. The molecule has 102 valence electrons. The van der Waals surface area contributed by atoms with E-state index in [1.54, 1.807) is 0 Å². The van der Waals surface area contributed by atoms with Crippen molar-refractivity contribution in [2.24, 2.45) is 23.7 Å². The van der Waals surface area contributed by atoms with Gasteiger partial charge < -0.3 is 10.2 Å². The third-order valence-corrected chi connectivity index (χ3v) is 4.79. The van der Waals surface area contributed by atoms with E-state index in [0.29, 0.717) is 11.8 Å². The van der Waals surface area contributed by atoms with Crippen LogP contribution < -0.4 is 0 Å². The molecule has 0 aromatic rings. The van der Waals surface area contributed by atoms with Crippen LogP contribution in [0.1, 0.15) is 51.4 Å². The second-order valence-electron chi connectivity index (χ2n) is 5.92.